The van der Waals surface area contributed by atoms with Crippen LogP contribution >= 0.6 is 0 Å². The number of ketones is 1. The van der Waals surface area contributed by atoms with Crippen molar-refractivity contribution in [3.05, 3.63) is 59.4 Å². The fraction of sp³-hybridized carbons (Fsp3) is 0.133. The molecule has 2 aromatic carbocycles. The van der Waals surface area contributed by atoms with E-state index in [1.807, 2.05) is 0 Å². The third-order valence-corrected chi connectivity index (χ3v) is 2.77. The van der Waals surface area contributed by atoms with Crippen molar-refractivity contribution in [3.63, 3.8) is 0 Å². The second kappa shape index (κ2) is 5.52. The molecule has 0 radical (unpaired) electrons. The molecule has 98 valence electrons. The van der Waals surface area contributed by atoms with Crippen LogP contribution in [0.3, 0.4) is 0 Å². The average Bonchev–Trinajstić information content (AvgIpc) is 2.46. The fourth-order valence-electron chi connectivity index (χ4n) is 1.70. The molecule has 0 aliphatic carbocycles. The Morgan fingerprint density at radius 2 is 1.53 bits per heavy atom. The maximum Gasteiger partial charge on any atom is 0.195 e. The zero-order chi connectivity index (χ0) is 13.8. The lowest BCUT2D eigenvalue weighted by Crippen LogP contribution is -2.04. The van der Waals surface area contributed by atoms with E-state index < -0.39 is 5.82 Å². The first-order chi connectivity index (χ1) is 9.15. The Hall–Kier alpha value is -2.36. The van der Waals surface area contributed by atoms with E-state index in [-0.39, 0.29) is 11.3 Å². The summed E-state index contributed by atoms with van der Waals surface area (Å²) in [5.41, 5.74) is 0.427. The van der Waals surface area contributed by atoms with Gasteiger partial charge in [0, 0.05) is 11.6 Å². The Balaban J connectivity index is 2.32. The van der Waals surface area contributed by atoms with Crippen LogP contribution in [0, 0.1) is 5.82 Å². The highest BCUT2D eigenvalue weighted by Gasteiger charge is 2.14. The molecule has 0 aliphatic heterocycles. The summed E-state index contributed by atoms with van der Waals surface area (Å²) in [5.74, 6) is 0.0542. The van der Waals surface area contributed by atoms with Crippen molar-refractivity contribution in [2.45, 2.75) is 0 Å². The first-order valence-electron chi connectivity index (χ1n) is 5.68. The number of carbonyl (C=O) groups is 1. The summed E-state index contributed by atoms with van der Waals surface area (Å²) in [6.45, 7) is 0. The van der Waals surface area contributed by atoms with Gasteiger partial charge in [-0.05, 0) is 36.4 Å². The summed E-state index contributed by atoms with van der Waals surface area (Å²) < 4.78 is 23.7. The van der Waals surface area contributed by atoms with Crippen molar-refractivity contribution in [1.82, 2.24) is 0 Å². The highest BCUT2D eigenvalue weighted by molar-refractivity contribution is 6.09. The Labute approximate surface area is 110 Å². The Morgan fingerprint density at radius 3 is 2.05 bits per heavy atom. The third kappa shape index (κ3) is 2.73. The minimum atomic E-state index is -0.597. The molecular weight excluding hydrogens is 247 g/mol. The van der Waals surface area contributed by atoms with E-state index in [1.54, 1.807) is 37.4 Å². The van der Waals surface area contributed by atoms with Gasteiger partial charge < -0.3 is 9.47 Å². The normalized spacial score (nSPS) is 10.1. The number of methoxy groups -OCH3 is 2. The van der Waals surface area contributed by atoms with E-state index in [0.29, 0.717) is 17.1 Å². The number of ether oxygens (including phenoxy) is 2. The minimum Gasteiger partial charge on any atom is -0.497 e. The topological polar surface area (TPSA) is 35.5 Å². The molecule has 0 N–H and O–H groups in total. The van der Waals surface area contributed by atoms with Gasteiger partial charge in [0.2, 0.25) is 0 Å². The van der Waals surface area contributed by atoms with Crippen molar-refractivity contribution < 1.29 is 18.7 Å². The van der Waals surface area contributed by atoms with Crippen LogP contribution in [-0.4, -0.2) is 20.0 Å². The van der Waals surface area contributed by atoms with E-state index in [0.717, 1.165) is 0 Å². The zero-order valence-electron chi connectivity index (χ0n) is 10.6. The Morgan fingerprint density at radius 1 is 0.947 bits per heavy atom. The molecule has 0 unspecified atom stereocenters. The molecule has 0 saturated heterocycles. The second-order valence-electron chi connectivity index (χ2n) is 3.90. The second-order valence-corrected chi connectivity index (χ2v) is 3.90. The van der Waals surface area contributed by atoms with E-state index in [1.165, 1.54) is 19.2 Å². The quantitative estimate of drug-likeness (QED) is 0.792. The molecule has 0 fully saturated rings. The average molecular weight is 260 g/mol. The SMILES string of the molecule is COc1ccc(C(=O)c2ccc(OC)cc2F)cc1. The minimum absolute atomic E-state index is 0.0194. The van der Waals surface area contributed by atoms with E-state index in [9.17, 15) is 9.18 Å². The van der Waals surface area contributed by atoms with Gasteiger partial charge in [0.15, 0.2) is 5.78 Å². The van der Waals surface area contributed by atoms with E-state index in [2.05, 4.69) is 0 Å². The van der Waals surface area contributed by atoms with Gasteiger partial charge in [-0.2, -0.15) is 0 Å². The highest BCUT2D eigenvalue weighted by atomic mass is 19.1. The van der Waals surface area contributed by atoms with Gasteiger partial charge in [-0.1, -0.05) is 0 Å². The number of benzene rings is 2. The first-order valence-corrected chi connectivity index (χ1v) is 5.68. The first kappa shape index (κ1) is 13.1. The zero-order valence-corrected chi connectivity index (χ0v) is 10.6. The highest BCUT2D eigenvalue weighted by Crippen LogP contribution is 2.20. The van der Waals surface area contributed by atoms with Crippen LogP contribution in [0.25, 0.3) is 0 Å². The molecule has 3 nitrogen and oxygen atoms in total. The lowest BCUT2D eigenvalue weighted by molar-refractivity contribution is 0.103. The summed E-state index contributed by atoms with van der Waals surface area (Å²) >= 11 is 0. The predicted molar refractivity (Wildman–Crippen MR) is 69.4 cm³/mol. The van der Waals surface area contributed by atoms with Gasteiger partial charge in [-0.25, -0.2) is 4.39 Å². The Bertz CT molecular complexity index is 591. The van der Waals surface area contributed by atoms with Gasteiger partial charge in [0.25, 0.3) is 0 Å². The summed E-state index contributed by atoms with van der Waals surface area (Å²) in [4.78, 5) is 12.1. The summed E-state index contributed by atoms with van der Waals surface area (Å²) in [5, 5.41) is 0. The monoisotopic (exact) mass is 260 g/mol. The largest absolute Gasteiger partial charge is 0.497 e. The molecule has 0 spiro atoms. The fourth-order valence-corrected chi connectivity index (χ4v) is 1.70. The number of hydrogen-bond donors (Lipinski definition) is 0. The summed E-state index contributed by atoms with van der Waals surface area (Å²) in [6.07, 6.45) is 0. The van der Waals surface area contributed by atoms with Crippen LogP contribution in [0.5, 0.6) is 11.5 Å². The molecule has 0 heterocycles. The maximum absolute atomic E-state index is 13.8. The van der Waals surface area contributed by atoms with Gasteiger partial charge >= 0.3 is 0 Å². The predicted octanol–water partition coefficient (Wildman–Crippen LogP) is 3.07. The van der Waals surface area contributed by atoms with Crippen molar-refractivity contribution in [2.24, 2.45) is 0 Å². The molecule has 19 heavy (non-hydrogen) atoms. The van der Waals surface area contributed by atoms with Crippen LogP contribution in [0.2, 0.25) is 0 Å². The number of rotatable bonds is 4. The lowest BCUT2D eigenvalue weighted by atomic mass is 10.0. The van der Waals surface area contributed by atoms with Crippen LogP contribution in [0.1, 0.15) is 15.9 Å². The van der Waals surface area contributed by atoms with Gasteiger partial charge in [-0.3, -0.25) is 4.79 Å². The molecule has 0 atom stereocenters. The van der Waals surface area contributed by atoms with Crippen LogP contribution < -0.4 is 9.47 Å². The molecular formula is C15H13FO3. The van der Waals surface area contributed by atoms with Crippen molar-refractivity contribution in [3.8, 4) is 11.5 Å². The molecule has 2 rings (SSSR count). The molecule has 4 heteroatoms. The van der Waals surface area contributed by atoms with E-state index in [4.69, 9.17) is 9.47 Å². The number of hydrogen-bond acceptors (Lipinski definition) is 3. The van der Waals surface area contributed by atoms with Gasteiger partial charge in [-0.15, -0.1) is 0 Å². The van der Waals surface area contributed by atoms with Crippen LogP contribution in [-0.2, 0) is 0 Å². The molecule has 0 saturated carbocycles. The summed E-state index contributed by atoms with van der Waals surface area (Å²) in [7, 11) is 2.99. The standard InChI is InChI=1S/C15H13FO3/c1-18-11-5-3-10(4-6-11)15(17)13-8-7-12(19-2)9-14(13)16/h3-9H,1-2H3. The smallest absolute Gasteiger partial charge is 0.195 e. The molecule has 0 amide bonds. The van der Waals surface area contributed by atoms with Gasteiger partial charge in [0.1, 0.15) is 17.3 Å². The van der Waals surface area contributed by atoms with Crippen LogP contribution in [0.15, 0.2) is 42.5 Å². The van der Waals surface area contributed by atoms with E-state index >= 15 is 0 Å². The lowest BCUT2D eigenvalue weighted by Gasteiger charge is -2.06. The molecule has 0 aromatic heterocycles. The number of halogens is 1. The van der Waals surface area contributed by atoms with Crippen molar-refractivity contribution in [2.75, 3.05) is 14.2 Å². The van der Waals surface area contributed by atoms with Crippen LogP contribution in [0.4, 0.5) is 4.39 Å². The molecule has 0 aliphatic rings. The van der Waals surface area contributed by atoms with Crippen molar-refractivity contribution >= 4 is 5.78 Å². The molecule has 0 bridgehead atoms. The number of carbonyl (C=O) groups excluding carboxylic acids is 1. The van der Waals surface area contributed by atoms with Crippen molar-refractivity contribution in [1.29, 1.82) is 0 Å². The Kier molecular flexibility index (Phi) is 3.80. The summed E-state index contributed by atoms with van der Waals surface area (Å²) in [6, 6.07) is 10.7. The third-order valence-electron chi connectivity index (χ3n) is 2.77. The molecule has 2 aromatic rings. The maximum atomic E-state index is 13.8. The van der Waals surface area contributed by atoms with Gasteiger partial charge in [0.05, 0.1) is 19.8 Å².